The molecule has 0 saturated carbocycles. The fourth-order valence-electron chi connectivity index (χ4n) is 1.24. The van der Waals surface area contributed by atoms with Crippen molar-refractivity contribution >= 4 is 0 Å². The van der Waals surface area contributed by atoms with E-state index in [0.717, 1.165) is 5.56 Å². The maximum absolute atomic E-state index is 8.91. The Morgan fingerprint density at radius 1 is 1.50 bits per heavy atom. The number of ether oxygens (including phenoxy) is 1. The van der Waals surface area contributed by atoms with Crippen LogP contribution in [0.5, 0.6) is 5.75 Å². The van der Waals surface area contributed by atoms with E-state index in [1.807, 2.05) is 31.2 Å². The third kappa shape index (κ3) is 2.04. The molecule has 0 amide bonds. The lowest BCUT2D eigenvalue weighted by atomic mass is 9.94. The maximum atomic E-state index is 8.91. The summed E-state index contributed by atoms with van der Waals surface area (Å²) < 4.78 is 5.39. The van der Waals surface area contributed by atoms with Crippen LogP contribution in [0.1, 0.15) is 19.4 Å². The average molecular weight is 190 g/mol. The predicted octanol–water partition coefficient (Wildman–Crippen LogP) is 1.78. The third-order valence-electron chi connectivity index (χ3n) is 1.98. The van der Waals surface area contributed by atoms with Crippen LogP contribution in [0.15, 0.2) is 24.3 Å². The number of nitrogens with two attached hydrogens (primary N) is 1. The first-order chi connectivity index (χ1) is 6.61. The molecule has 0 unspecified atom stereocenters. The van der Waals surface area contributed by atoms with Gasteiger partial charge in [0.2, 0.25) is 0 Å². The van der Waals surface area contributed by atoms with E-state index in [4.69, 9.17) is 15.7 Å². The molecule has 0 aliphatic rings. The number of nitriles is 1. The lowest BCUT2D eigenvalue weighted by molar-refractivity contribution is 0.331. The van der Waals surface area contributed by atoms with Crippen LogP contribution in [0.25, 0.3) is 0 Å². The van der Waals surface area contributed by atoms with Crippen LogP contribution >= 0.6 is 0 Å². The smallest absolute Gasteiger partial charge is 0.130 e. The highest BCUT2D eigenvalue weighted by molar-refractivity contribution is 5.41. The number of nitrogens with zero attached hydrogens (tertiary/aromatic N) is 1. The Hall–Kier alpha value is -1.53. The number of hydrogen-bond acceptors (Lipinski definition) is 3. The van der Waals surface area contributed by atoms with Crippen LogP contribution in [0, 0.1) is 11.3 Å². The van der Waals surface area contributed by atoms with Crippen LogP contribution in [0.3, 0.4) is 0 Å². The minimum absolute atomic E-state index is 0.568. The number of hydrogen-bond donors (Lipinski definition) is 1. The number of benzene rings is 1. The predicted molar refractivity (Wildman–Crippen MR) is 54.8 cm³/mol. The minimum Gasteiger partial charge on any atom is -0.493 e. The molecule has 0 aliphatic carbocycles. The molecule has 0 bridgehead atoms. The van der Waals surface area contributed by atoms with Gasteiger partial charge in [-0.05, 0) is 19.9 Å². The van der Waals surface area contributed by atoms with Crippen molar-refractivity contribution in [2.75, 3.05) is 6.61 Å². The summed E-state index contributed by atoms with van der Waals surface area (Å²) in [6.45, 7) is 4.14. The summed E-state index contributed by atoms with van der Waals surface area (Å²) in [6, 6.07) is 9.40. The SMILES string of the molecule is CCOc1ccccc1[C@@](C)(N)C#N. The second kappa shape index (κ2) is 4.12. The zero-order valence-corrected chi connectivity index (χ0v) is 8.45. The summed E-state index contributed by atoms with van der Waals surface area (Å²) in [4.78, 5) is 0. The zero-order chi connectivity index (χ0) is 10.6. The molecular formula is C11H14N2O. The highest BCUT2D eigenvalue weighted by Crippen LogP contribution is 2.27. The largest absolute Gasteiger partial charge is 0.493 e. The summed E-state index contributed by atoms with van der Waals surface area (Å²) in [6.07, 6.45) is 0. The van der Waals surface area contributed by atoms with Crippen molar-refractivity contribution in [3.05, 3.63) is 29.8 Å². The van der Waals surface area contributed by atoms with Gasteiger partial charge in [-0.15, -0.1) is 0 Å². The molecule has 0 spiro atoms. The Kier molecular flexibility index (Phi) is 3.10. The van der Waals surface area contributed by atoms with Crippen molar-refractivity contribution in [2.24, 2.45) is 5.73 Å². The van der Waals surface area contributed by atoms with Crippen LogP contribution in [-0.4, -0.2) is 6.61 Å². The molecule has 2 N–H and O–H groups in total. The molecular weight excluding hydrogens is 176 g/mol. The normalized spacial score (nSPS) is 14.1. The molecule has 1 aromatic rings. The summed E-state index contributed by atoms with van der Waals surface area (Å²) >= 11 is 0. The monoisotopic (exact) mass is 190 g/mol. The van der Waals surface area contributed by atoms with Crippen LogP contribution in [0.4, 0.5) is 0 Å². The summed E-state index contributed by atoms with van der Waals surface area (Å²) in [5, 5.41) is 8.91. The van der Waals surface area contributed by atoms with Crippen molar-refractivity contribution in [3.8, 4) is 11.8 Å². The molecule has 0 saturated heterocycles. The average Bonchev–Trinajstić information content (AvgIpc) is 2.19. The first-order valence-electron chi connectivity index (χ1n) is 4.54. The Balaban J connectivity index is 3.14. The van der Waals surface area contributed by atoms with Gasteiger partial charge in [-0.1, -0.05) is 18.2 Å². The molecule has 0 radical (unpaired) electrons. The van der Waals surface area contributed by atoms with Crippen molar-refractivity contribution in [2.45, 2.75) is 19.4 Å². The first kappa shape index (κ1) is 10.6. The lowest BCUT2D eigenvalue weighted by Gasteiger charge is -2.19. The second-order valence-electron chi connectivity index (χ2n) is 3.24. The molecule has 0 aromatic heterocycles. The molecule has 3 nitrogen and oxygen atoms in total. The summed E-state index contributed by atoms with van der Waals surface area (Å²) in [5.41, 5.74) is 5.56. The van der Waals surface area contributed by atoms with E-state index in [1.54, 1.807) is 6.92 Å². The highest BCUT2D eigenvalue weighted by atomic mass is 16.5. The van der Waals surface area contributed by atoms with Gasteiger partial charge in [-0.25, -0.2) is 0 Å². The molecule has 3 heteroatoms. The fourth-order valence-corrected chi connectivity index (χ4v) is 1.24. The molecule has 1 aromatic carbocycles. The van der Waals surface area contributed by atoms with Gasteiger partial charge in [0.15, 0.2) is 0 Å². The van der Waals surface area contributed by atoms with Crippen molar-refractivity contribution in [3.63, 3.8) is 0 Å². The van der Waals surface area contributed by atoms with Crippen LogP contribution < -0.4 is 10.5 Å². The first-order valence-corrected chi connectivity index (χ1v) is 4.54. The third-order valence-corrected chi connectivity index (χ3v) is 1.98. The van der Waals surface area contributed by atoms with Crippen LogP contribution in [-0.2, 0) is 5.54 Å². The van der Waals surface area contributed by atoms with E-state index >= 15 is 0 Å². The van der Waals surface area contributed by atoms with E-state index < -0.39 is 5.54 Å². The number of para-hydroxylation sites is 1. The van der Waals surface area contributed by atoms with Gasteiger partial charge in [-0.2, -0.15) is 5.26 Å². The standard InChI is InChI=1S/C11H14N2O/c1-3-14-10-7-5-4-6-9(10)11(2,13)8-12/h4-7H,3,13H2,1-2H3/t11-/m0/s1. The lowest BCUT2D eigenvalue weighted by Crippen LogP contribution is -2.31. The van der Waals surface area contributed by atoms with Gasteiger partial charge < -0.3 is 10.5 Å². The highest BCUT2D eigenvalue weighted by Gasteiger charge is 2.23. The molecule has 0 heterocycles. The maximum Gasteiger partial charge on any atom is 0.130 e. The quantitative estimate of drug-likeness (QED) is 0.790. The summed E-state index contributed by atoms with van der Waals surface area (Å²) in [5.74, 6) is 0.682. The van der Waals surface area contributed by atoms with Crippen molar-refractivity contribution < 1.29 is 4.74 Å². The van der Waals surface area contributed by atoms with Gasteiger partial charge in [0, 0.05) is 5.56 Å². The summed E-state index contributed by atoms with van der Waals surface area (Å²) in [7, 11) is 0. The van der Waals surface area contributed by atoms with Crippen molar-refractivity contribution in [1.82, 2.24) is 0 Å². The van der Waals surface area contributed by atoms with Crippen molar-refractivity contribution in [1.29, 1.82) is 5.26 Å². The minimum atomic E-state index is -0.994. The van der Waals surface area contributed by atoms with Gasteiger partial charge in [-0.3, -0.25) is 0 Å². The topological polar surface area (TPSA) is 59.0 Å². The molecule has 14 heavy (non-hydrogen) atoms. The Labute approximate surface area is 84.1 Å². The van der Waals surface area contributed by atoms with E-state index in [0.29, 0.717) is 12.4 Å². The van der Waals surface area contributed by atoms with E-state index in [9.17, 15) is 0 Å². The van der Waals surface area contributed by atoms with Crippen LogP contribution in [0.2, 0.25) is 0 Å². The molecule has 0 fully saturated rings. The van der Waals surface area contributed by atoms with E-state index in [1.165, 1.54) is 0 Å². The van der Waals surface area contributed by atoms with Gasteiger partial charge in [0.05, 0.1) is 12.7 Å². The molecule has 0 aliphatic heterocycles. The Bertz CT molecular complexity index is 353. The molecule has 1 rings (SSSR count). The molecule has 1 atom stereocenters. The van der Waals surface area contributed by atoms with E-state index in [2.05, 4.69) is 6.07 Å². The number of rotatable bonds is 3. The Morgan fingerprint density at radius 2 is 2.14 bits per heavy atom. The zero-order valence-electron chi connectivity index (χ0n) is 8.45. The van der Waals surface area contributed by atoms with Gasteiger partial charge in [0.25, 0.3) is 0 Å². The second-order valence-corrected chi connectivity index (χ2v) is 3.24. The van der Waals surface area contributed by atoms with Gasteiger partial charge in [0.1, 0.15) is 11.3 Å². The van der Waals surface area contributed by atoms with E-state index in [-0.39, 0.29) is 0 Å². The van der Waals surface area contributed by atoms with Gasteiger partial charge >= 0.3 is 0 Å². The molecule has 74 valence electrons. The fraction of sp³-hybridized carbons (Fsp3) is 0.364. The Morgan fingerprint density at radius 3 is 2.71 bits per heavy atom.